The van der Waals surface area contributed by atoms with Crippen LogP contribution in [-0.2, 0) is 0 Å². The molecule has 0 spiro atoms. The van der Waals surface area contributed by atoms with Crippen molar-refractivity contribution in [2.75, 3.05) is 12.1 Å². The van der Waals surface area contributed by atoms with E-state index in [1.807, 2.05) is 57.2 Å². The van der Waals surface area contributed by atoms with Crippen LogP contribution in [0, 0.1) is 20.8 Å². The van der Waals surface area contributed by atoms with Crippen LogP contribution in [-0.4, -0.2) is 17.7 Å². The summed E-state index contributed by atoms with van der Waals surface area (Å²) in [6.45, 7) is 5.97. The third-order valence-electron chi connectivity index (χ3n) is 4.54. The monoisotopic (exact) mass is 334 g/mol. The second kappa shape index (κ2) is 5.77. The Morgan fingerprint density at radius 3 is 2.56 bits per heavy atom. The number of carbonyl (C=O) groups is 1. The van der Waals surface area contributed by atoms with E-state index in [1.54, 1.807) is 0 Å². The van der Waals surface area contributed by atoms with E-state index in [4.69, 9.17) is 9.47 Å². The van der Waals surface area contributed by atoms with Crippen LogP contribution in [0.1, 0.15) is 27.2 Å². The molecule has 3 aromatic rings. The Hall–Kier alpha value is -3.08. The maximum Gasteiger partial charge on any atom is 0.257 e. The lowest BCUT2D eigenvalue weighted by Crippen LogP contribution is -2.16. The molecule has 1 aromatic heterocycles. The zero-order valence-corrected chi connectivity index (χ0v) is 14.3. The van der Waals surface area contributed by atoms with Crippen molar-refractivity contribution < 1.29 is 14.3 Å². The van der Waals surface area contributed by atoms with Crippen LogP contribution in [0.2, 0.25) is 0 Å². The van der Waals surface area contributed by atoms with Crippen molar-refractivity contribution >= 4 is 22.5 Å². The van der Waals surface area contributed by atoms with Crippen LogP contribution in [0.25, 0.3) is 10.9 Å². The highest BCUT2D eigenvalue weighted by Crippen LogP contribution is 2.37. The Morgan fingerprint density at radius 2 is 1.80 bits per heavy atom. The number of nitrogens with zero attached hydrogens (tertiary/aromatic N) is 1. The molecule has 126 valence electrons. The van der Waals surface area contributed by atoms with E-state index in [2.05, 4.69) is 10.3 Å². The maximum atomic E-state index is 12.9. The first-order valence-electron chi connectivity index (χ1n) is 8.12. The number of rotatable bonds is 2. The smallest absolute Gasteiger partial charge is 0.257 e. The fraction of sp³-hybridized carbons (Fsp3) is 0.200. The number of ether oxygens (including phenoxy) is 2. The first-order valence-corrected chi connectivity index (χ1v) is 8.12. The molecule has 5 nitrogen and oxygen atoms in total. The number of aromatic nitrogens is 1. The van der Waals surface area contributed by atoms with Gasteiger partial charge in [-0.2, -0.15) is 0 Å². The molecule has 1 aliphatic heterocycles. The lowest BCUT2D eigenvalue weighted by Gasteiger charge is -2.14. The van der Waals surface area contributed by atoms with Crippen LogP contribution in [0.4, 0.5) is 5.69 Å². The van der Waals surface area contributed by atoms with Crippen molar-refractivity contribution in [1.82, 2.24) is 4.98 Å². The molecule has 0 bridgehead atoms. The van der Waals surface area contributed by atoms with Gasteiger partial charge in [-0.1, -0.05) is 18.2 Å². The maximum absolute atomic E-state index is 12.9. The quantitative estimate of drug-likeness (QED) is 0.765. The number of aryl methyl sites for hydroxylation is 3. The number of hydrogen-bond donors (Lipinski definition) is 1. The van der Waals surface area contributed by atoms with E-state index in [0.717, 1.165) is 27.7 Å². The van der Waals surface area contributed by atoms with Gasteiger partial charge in [0.05, 0.1) is 16.8 Å². The standard InChI is InChI=1S/C20H18N2O3/c1-11-6-4-5-7-15(11)22-20(23)19-12(2)14-8-17-18(25-10-24-17)9-16(14)21-13(19)3/h4-9H,10H2,1-3H3,(H,22,23). The van der Waals surface area contributed by atoms with Crippen LogP contribution >= 0.6 is 0 Å². The van der Waals surface area contributed by atoms with Gasteiger partial charge >= 0.3 is 0 Å². The molecular formula is C20H18N2O3. The van der Waals surface area contributed by atoms with Gasteiger partial charge in [0.25, 0.3) is 5.91 Å². The molecular weight excluding hydrogens is 316 g/mol. The molecule has 2 aromatic carbocycles. The molecule has 1 N–H and O–H groups in total. The Balaban J connectivity index is 1.80. The number of fused-ring (bicyclic) bond motifs is 2. The van der Waals surface area contributed by atoms with Gasteiger partial charge in [0.15, 0.2) is 11.5 Å². The number of benzene rings is 2. The lowest BCUT2D eigenvalue weighted by atomic mass is 10.0. The summed E-state index contributed by atoms with van der Waals surface area (Å²) in [5.74, 6) is 1.22. The minimum absolute atomic E-state index is 0.156. The number of para-hydroxylation sites is 1. The number of carbonyl (C=O) groups excluding carboxylic acids is 1. The predicted molar refractivity (Wildman–Crippen MR) is 96.5 cm³/mol. The molecule has 25 heavy (non-hydrogen) atoms. The second-order valence-corrected chi connectivity index (χ2v) is 6.19. The van der Waals surface area contributed by atoms with E-state index in [1.165, 1.54) is 0 Å². The number of nitrogens with one attached hydrogen (secondary N) is 1. The van der Waals surface area contributed by atoms with Gasteiger partial charge in [0, 0.05) is 17.1 Å². The summed E-state index contributed by atoms with van der Waals surface area (Å²) in [5, 5.41) is 3.88. The molecule has 1 aliphatic rings. The van der Waals surface area contributed by atoms with Crippen molar-refractivity contribution in [1.29, 1.82) is 0 Å². The zero-order chi connectivity index (χ0) is 17.6. The molecule has 0 fully saturated rings. The van der Waals surface area contributed by atoms with Gasteiger partial charge in [0.2, 0.25) is 6.79 Å². The van der Waals surface area contributed by atoms with Gasteiger partial charge in [-0.25, -0.2) is 0 Å². The summed E-state index contributed by atoms with van der Waals surface area (Å²) >= 11 is 0. The largest absolute Gasteiger partial charge is 0.454 e. The molecule has 0 radical (unpaired) electrons. The van der Waals surface area contributed by atoms with Gasteiger partial charge in [-0.05, 0) is 44.0 Å². The van der Waals surface area contributed by atoms with E-state index in [9.17, 15) is 4.79 Å². The van der Waals surface area contributed by atoms with Crippen LogP contribution in [0.5, 0.6) is 11.5 Å². The average Bonchev–Trinajstić information content (AvgIpc) is 3.03. The first kappa shape index (κ1) is 15.4. The molecule has 0 saturated heterocycles. The third kappa shape index (κ3) is 2.58. The summed E-state index contributed by atoms with van der Waals surface area (Å²) in [7, 11) is 0. The molecule has 0 atom stereocenters. The molecule has 2 heterocycles. The molecule has 0 aliphatic carbocycles. The van der Waals surface area contributed by atoms with Crippen molar-refractivity contribution in [3.8, 4) is 11.5 Å². The Bertz CT molecular complexity index is 1010. The molecule has 0 unspecified atom stereocenters. The fourth-order valence-corrected chi connectivity index (χ4v) is 3.20. The van der Waals surface area contributed by atoms with Crippen molar-refractivity contribution in [3.63, 3.8) is 0 Å². The van der Waals surface area contributed by atoms with Crippen LogP contribution in [0.3, 0.4) is 0 Å². The molecule has 0 saturated carbocycles. The van der Waals surface area contributed by atoms with Gasteiger partial charge < -0.3 is 14.8 Å². The third-order valence-corrected chi connectivity index (χ3v) is 4.54. The minimum Gasteiger partial charge on any atom is -0.454 e. The molecule has 4 rings (SSSR count). The highest BCUT2D eigenvalue weighted by molar-refractivity contribution is 6.09. The predicted octanol–water partition coefficient (Wildman–Crippen LogP) is 4.14. The minimum atomic E-state index is -0.156. The van der Waals surface area contributed by atoms with E-state index in [0.29, 0.717) is 22.8 Å². The summed E-state index contributed by atoms with van der Waals surface area (Å²) in [6, 6.07) is 11.5. The Labute approximate surface area is 145 Å². The van der Waals surface area contributed by atoms with Crippen molar-refractivity contribution in [2.24, 2.45) is 0 Å². The summed E-state index contributed by atoms with van der Waals surface area (Å²) in [6.07, 6.45) is 0. The van der Waals surface area contributed by atoms with Crippen molar-refractivity contribution in [2.45, 2.75) is 20.8 Å². The molecule has 5 heteroatoms. The first-order chi connectivity index (χ1) is 12.0. The Kier molecular flexibility index (Phi) is 3.57. The lowest BCUT2D eigenvalue weighted by molar-refractivity contribution is 0.102. The van der Waals surface area contributed by atoms with Crippen molar-refractivity contribution in [3.05, 3.63) is 58.8 Å². The van der Waals surface area contributed by atoms with Crippen LogP contribution in [0.15, 0.2) is 36.4 Å². The number of amides is 1. The topological polar surface area (TPSA) is 60.5 Å². The average molecular weight is 334 g/mol. The van der Waals surface area contributed by atoms with E-state index >= 15 is 0 Å². The second-order valence-electron chi connectivity index (χ2n) is 6.19. The molecule has 1 amide bonds. The normalized spacial score (nSPS) is 12.4. The fourth-order valence-electron chi connectivity index (χ4n) is 3.20. The van der Waals surface area contributed by atoms with Crippen LogP contribution < -0.4 is 14.8 Å². The van der Waals surface area contributed by atoms with Gasteiger partial charge in [-0.3, -0.25) is 9.78 Å². The summed E-state index contributed by atoms with van der Waals surface area (Å²) in [4.78, 5) is 17.5. The summed E-state index contributed by atoms with van der Waals surface area (Å²) in [5.41, 5.74) is 4.78. The SMILES string of the molecule is Cc1ccccc1NC(=O)c1c(C)nc2cc3c(cc2c1C)OCO3. The number of pyridine rings is 1. The highest BCUT2D eigenvalue weighted by Gasteiger charge is 2.21. The Morgan fingerprint density at radius 1 is 1.08 bits per heavy atom. The zero-order valence-electron chi connectivity index (χ0n) is 14.3. The summed E-state index contributed by atoms with van der Waals surface area (Å²) < 4.78 is 10.9. The number of hydrogen-bond acceptors (Lipinski definition) is 4. The van der Waals surface area contributed by atoms with E-state index < -0.39 is 0 Å². The highest BCUT2D eigenvalue weighted by atomic mass is 16.7. The van der Waals surface area contributed by atoms with E-state index in [-0.39, 0.29) is 12.7 Å². The van der Waals surface area contributed by atoms with Gasteiger partial charge in [-0.15, -0.1) is 0 Å². The number of anilines is 1. The van der Waals surface area contributed by atoms with Gasteiger partial charge in [0.1, 0.15) is 0 Å².